The van der Waals surface area contributed by atoms with Gasteiger partial charge in [-0.1, -0.05) is 17.7 Å². The largest absolute Gasteiger partial charge is 0.481 e. The average molecular weight is 326 g/mol. The maximum Gasteiger partial charge on any atom is 0.265 e. The molecule has 0 saturated carbocycles. The smallest absolute Gasteiger partial charge is 0.265 e. The summed E-state index contributed by atoms with van der Waals surface area (Å²) in [6.07, 6.45) is -0.856. The number of aryl methyl sites for hydroxylation is 1. The van der Waals surface area contributed by atoms with Gasteiger partial charge in [-0.3, -0.25) is 4.79 Å². The second kappa shape index (κ2) is 6.75. The summed E-state index contributed by atoms with van der Waals surface area (Å²) in [4.78, 5) is 12.0. The Hall–Kier alpha value is -2.14. The molecule has 0 spiro atoms. The van der Waals surface area contributed by atoms with Crippen LogP contribution in [0.3, 0.4) is 0 Å². The number of benzene rings is 2. The lowest BCUT2D eigenvalue weighted by atomic mass is 10.2. The first-order valence-electron chi connectivity index (χ1n) is 6.55. The first-order valence-corrected chi connectivity index (χ1v) is 6.93. The SMILES string of the molecule is Cc1ccc(NC(=O)C(C)Oc2ccc(F)c(Cl)c2)cc1F. The molecule has 0 aliphatic heterocycles. The molecule has 1 atom stereocenters. The summed E-state index contributed by atoms with van der Waals surface area (Å²) in [5.74, 6) is -1.16. The zero-order valence-electron chi connectivity index (χ0n) is 12.0. The van der Waals surface area contributed by atoms with Crippen molar-refractivity contribution in [3.63, 3.8) is 0 Å². The Bertz CT molecular complexity index is 707. The first-order chi connectivity index (χ1) is 10.4. The van der Waals surface area contributed by atoms with Crippen molar-refractivity contribution in [2.75, 3.05) is 5.32 Å². The van der Waals surface area contributed by atoms with Crippen molar-refractivity contribution in [3.8, 4) is 5.75 Å². The normalized spacial score (nSPS) is 11.9. The van der Waals surface area contributed by atoms with Crippen LogP contribution in [0.5, 0.6) is 5.75 Å². The minimum Gasteiger partial charge on any atom is -0.481 e. The van der Waals surface area contributed by atoms with Crippen LogP contribution >= 0.6 is 11.6 Å². The third kappa shape index (κ3) is 3.95. The summed E-state index contributed by atoms with van der Waals surface area (Å²) in [6.45, 7) is 3.15. The van der Waals surface area contributed by atoms with E-state index in [1.165, 1.54) is 25.1 Å². The maximum atomic E-state index is 13.4. The molecule has 0 heterocycles. The van der Waals surface area contributed by atoms with E-state index in [-0.39, 0.29) is 10.8 Å². The van der Waals surface area contributed by atoms with Gasteiger partial charge in [0.05, 0.1) is 5.02 Å². The Balaban J connectivity index is 2.02. The summed E-state index contributed by atoms with van der Waals surface area (Å²) >= 11 is 5.64. The predicted octanol–water partition coefficient (Wildman–Crippen LogP) is 4.33. The van der Waals surface area contributed by atoms with Gasteiger partial charge >= 0.3 is 0 Å². The molecule has 0 aromatic heterocycles. The summed E-state index contributed by atoms with van der Waals surface area (Å²) in [7, 11) is 0. The summed E-state index contributed by atoms with van der Waals surface area (Å²) in [5, 5.41) is 2.45. The van der Waals surface area contributed by atoms with Crippen molar-refractivity contribution in [3.05, 3.63) is 58.6 Å². The molecule has 6 heteroatoms. The lowest BCUT2D eigenvalue weighted by Crippen LogP contribution is -2.30. The third-order valence-electron chi connectivity index (χ3n) is 3.01. The third-order valence-corrected chi connectivity index (χ3v) is 3.30. The van der Waals surface area contributed by atoms with Crippen LogP contribution in [-0.4, -0.2) is 12.0 Å². The van der Waals surface area contributed by atoms with Crippen molar-refractivity contribution in [2.45, 2.75) is 20.0 Å². The number of carbonyl (C=O) groups is 1. The van der Waals surface area contributed by atoms with E-state index < -0.39 is 23.6 Å². The molecule has 1 unspecified atom stereocenters. The highest BCUT2D eigenvalue weighted by Crippen LogP contribution is 2.22. The van der Waals surface area contributed by atoms with E-state index in [0.29, 0.717) is 11.3 Å². The van der Waals surface area contributed by atoms with Gasteiger partial charge in [0.25, 0.3) is 5.91 Å². The van der Waals surface area contributed by atoms with E-state index in [4.69, 9.17) is 16.3 Å². The predicted molar refractivity (Wildman–Crippen MR) is 81.3 cm³/mol. The van der Waals surface area contributed by atoms with Gasteiger partial charge in [-0.25, -0.2) is 8.78 Å². The number of carbonyl (C=O) groups excluding carboxylic acids is 1. The molecule has 2 aromatic rings. The number of ether oxygens (including phenoxy) is 1. The molecule has 1 amide bonds. The van der Waals surface area contributed by atoms with E-state index in [9.17, 15) is 13.6 Å². The summed E-state index contributed by atoms with van der Waals surface area (Å²) in [5.41, 5.74) is 0.823. The molecule has 3 nitrogen and oxygen atoms in total. The molecule has 22 heavy (non-hydrogen) atoms. The van der Waals surface area contributed by atoms with Gasteiger partial charge in [0.15, 0.2) is 6.10 Å². The van der Waals surface area contributed by atoms with Crippen molar-refractivity contribution < 1.29 is 18.3 Å². The van der Waals surface area contributed by atoms with Gasteiger partial charge in [-0.2, -0.15) is 0 Å². The molecule has 0 aliphatic carbocycles. The highest BCUT2D eigenvalue weighted by Gasteiger charge is 2.16. The van der Waals surface area contributed by atoms with Crippen molar-refractivity contribution >= 4 is 23.2 Å². The number of rotatable bonds is 4. The highest BCUT2D eigenvalue weighted by molar-refractivity contribution is 6.30. The fraction of sp³-hybridized carbons (Fsp3) is 0.188. The molecule has 0 saturated heterocycles. The number of nitrogens with one attached hydrogen (secondary N) is 1. The van der Waals surface area contributed by atoms with Crippen LogP contribution in [0.2, 0.25) is 5.02 Å². The number of halogens is 3. The van der Waals surface area contributed by atoms with Crippen LogP contribution < -0.4 is 10.1 Å². The lowest BCUT2D eigenvalue weighted by molar-refractivity contribution is -0.122. The monoisotopic (exact) mass is 325 g/mol. The van der Waals surface area contributed by atoms with Crippen molar-refractivity contribution in [1.29, 1.82) is 0 Å². The lowest BCUT2D eigenvalue weighted by Gasteiger charge is -2.15. The number of hydrogen-bond donors (Lipinski definition) is 1. The van der Waals surface area contributed by atoms with Crippen molar-refractivity contribution in [1.82, 2.24) is 0 Å². The van der Waals surface area contributed by atoms with Gasteiger partial charge in [0.2, 0.25) is 0 Å². The Morgan fingerprint density at radius 3 is 2.55 bits per heavy atom. The van der Waals surface area contributed by atoms with E-state index in [2.05, 4.69) is 5.32 Å². The Morgan fingerprint density at radius 2 is 1.91 bits per heavy atom. The second-order valence-electron chi connectivity index (χ2n) is 4.79. The standard InChI is InChI=1S/C16H14ClF2NO2/c1-9-3-4-11(7-15(9)19)20-16(21)10(2)22-12-5-6-14(18)13(17)8-12/h3-8,10H,1-2H3,(H,20,21). The molecular formula is C16H14ClF2NO2. The van der Waals surface area contributed by atoms with Crippen LogP contribution in [0.25, 0.3) is 0 Å². The van der Waals surface area contributed by atoms with Crippen LogP contribution in [-0.2, 0) is 4.79 Å². The molecule has 2 rings (SSSR count). The molecule has 2 aromatic carbocycles. The molecule has 0 bridgehead atoms. The molecule has 0 radical (unpaired) electrons. The molecular weight excluding hydrogens is 312 g/mol. The minimum atomic E-state index is -0.856. The van der Waals surface area contributed by atoms with E-state index in [1.807, 2.05) is 0 Å². The van der Waals surface area contributed by atoms with Crippen LogP contribution in [0.1, 0.15) is 12.5 Å². The summed E-state index contributed by atoms with van der Waals surface area (Å²) < 4.78 is 31.9. The quantitative estimate of drug-likeness (QED) is 0.908. The molecule has 0 aliphatic rings. The minimum absolute atomic E-state index is 0.0919. The zero-order valence-corrected chi connectivity index (χ0v) is 12.7. The van der Waals surface area contributed by atoms with Crippen molar-refractivity contribution in [2.24, 2.45) is 0 Å². The highest BCUT2D eigenvalue weighted by atomic mass is 35.5. The van der Waals surface area contributed by atoms with E-state index >= 15 is 0 Å². The average Bonchev–Trinajstić information content (AvgIpc) is 2.46. The fourth-order valence-corrected chi connectivity index (χ4v) is 1.89. The number of amides is 1. The zero-order chi connectivity index (χ0) is 16.3. The molecule has 1 N–H and O–H groups in total. The molecule has 116 valence electrons. The van der Waals surface area contributed by atoms with Gasteiger partial charge < -0.3 is 10.1 Å². The first kappa shape index (κ1) is 16.2. The maximum absolute atomic E-state index is 13.4. The van der Waals surface area contributed by atoms with Crippen LogP contribution in [0.15, 0.2) is 36.4 Å². The van der Waals surface area contributed by atoms with E-state index in [1.54, 1.807) is 19.1 Å². The fourth-order valence-electron chi connectivity index (χ4n) is 1.72. The summed E-state index contributed by atoms with van der Waals surface area (Å²) in [6, 6.07) is 8.20. The Morgan fingerprint density at radius 1 is 1.18 bits per heavy atom. The van der Waals surface area contributed by atoms with Gasteiger partial charge in [-0.05, 0) is 43.7 Å². The Kier molecular flexibility index (Phi) is 4.98. The van der Waals surface area contributed by atoms with Gasteiger partial charge in [-0.15, -0.1) is 0 Å². The second-order valence-corrected chi connectivity index (χ2v) is 5.20. The van der Waals surface area contributed by atoms with Gasteiger partial charge in [0, 0.05) is 11.8 Å². The number of anilines is 1. The topological polar surface area (TPSA) is 38.3 Å². The Labute approximate surface area is 131 Å². The number of hydrogen-bond acceptors (Lipinski definition) is 2. The van der Waals surface area contributed by atoms with Crippen LogP contribution in [0.4, 0.5) is 14.5 Å². The van der Waals surface area contributed by atoms with Crippen LogP contribution in [0, 0.1) is 18.6 Å². The molecule has 0 fully saturated rings. The van der Waals surface area contributed by atoms with E-state index in [0.717, 1.165) is 6.07 Å². The van der Waals surface area contributed by atoms with Gasteiger partial charge in [0.1, 0.15) is 17.4 Å².